The van der Waals surface area contributed by atoms with Gasteiger partial charge >= 0.3 is 0 Å². The van der Waals surface area contributed by atoms with Crippen LogP contribution in [0.2, 0.25) is 0 Å². The summed E-state index contributed by atoms with van der Waals surface area (Å²) in [6, 6.07) is 5.82. The van der Waals surface area contributed by atoms with Crippen LogP contribution in [-0.4, -0.2) is 12.5 Å². The highest BCUT2D eigenvalue weighted by Crippen LogP contribution is 2.32. The summed E-state index contributed by atoms with van der Waals surface area (Å²) in [5.41, 5.74) is 8.44. The molecule has 0 radical (unpaired) electrons. The number of fused-ring (bicyclic) bond motifs is 1. The number of anilines is 2. The number of rotatable bonds is 0. The number of nitrogens with zero attached hydrogens (tertiary/aromatic N) is 1. The highest BCUT2D eigenvalue weighted by molar-refractivity contribution is 5.98. The normalized spacial score (nSPS) is 15.6. The summed E-state index contributed by atoms with van der Waals surface area (Å²) in [5.74, 6) is 0.184. The average Bonchev–Trinajstić information content (AvgIpc) is 2.25. The first-order valence-corrected chi connectivity index (χ1v) is 6.10. The minimum Gasteiger partial charge on any atom is -0.399 e. The molecule has 2 rings (SSSR count). The molecule has 3 heteroatoms. The minimum atomic E-state index is -0.337. The predicted molar refractivity (Wildman–Crippen MR) is 71.0 cm³/mol. The van der Waals surface area contributed by atoms with E-state index in [-0.39, 0.29) is 11.3 Å². The fourth-order valence-corrected chi connectivity index (χ4v) is 2.23. The standard InChI is InChI=1S/C14H20N2O/c1-14(2,3)13(17)16-8-4-5-10-9-11(15)6-7-12(10)16/h6-7,9H,4-5,8,15H2,1-3H3. The highest BCUT2D eigenvalue weighted by atomic mass is 16.2. The van der Waals surface area contributed by atoms with Gasteiger partial charge in [0.05, 0.1) is 0 Å². The third-order valence-corrected chi connectivity index (χ3v) is 3.11. The number of carbonyl (C=O) groups is 1. The summed E-state index contributed by atoms with van der Waals surface area (Å²) < 4.78 is 0. The Labute approximate surface area is 103 Å². The third-order valence-electron chi connectivity index (χ3n) is 3.11. The van der Waals surface area contributed by atoms with Gasteiger partial charge in [0.1, 0.15) is 0 Å². The lowest BCUT2D eigenvalue weighted by Gasteiger charge is -2.34. The Balaban J connectivity index is 2.39. The predicted octanol–water partition coefficient (Wildman–Crippen LogP) is 2.59. The second kappa shape index (κ2) is 4.06. The molecule has 1 aliphatic heterocycles. The molecule has 17 heavy (non-hydrogen) atoms. The van der Waals surface area contributed by atoms with Crippen LogP contribution in [0, 0.1) is 5.41 Å². The monoisotopic (exact) mass is 232 g/mol. The van der Waals surface area contributed by atoms with E-state index in [4.69, 9.17) is 5.73 Å². The largest absolute Gasteiger partial charge is 0.399 e. The number of nitrogens with two attached hydrogens (primary N) is 1. The van der Waals surface area contributed by atoms with Crippen molar-refractivity contribution in [3.8, 4) is 0 Å². The lowest BCUT2D eigenvalue weighted by Crippen LogP contribution is -2.42. The van der Waals surface area contributed by atoms with Crippen molar-refractivity contribution in [2.45, 2.75) is 33.6 Å². The van der Waals surface area contributed by atoms with Gasteiger partial charge in [-0.1, -0.05) is 20.8 Å². The van der Waals surface area contributed by atoms with Gasteiger partial charge in [-0.2, -0.15) is 0 Å². The SMILES string of the molecule is CC(C)(C)C(=O)N1CCCc2cc(N)ccc21. The maximum absolute atomic E-state index is 12.4. The molecule has 1 aromatic rings. The van der Waals surface area contributed by atoms with Gasteiger partial charge < -0.3 is 10.6 Å². The van der Waals surface area contributed by atoms with Crippen LogP contribution in [0.3, 0.4) is 0 Å². The topological polar surface area (TPSA) is 46.3 Å². The first kappa shape index (κ1) is 12.0. The van der Waals surface area contributed by atoms with Gasteiger partial charge in [-0.3, -0.25) is 4.79 Å². The van der Waals surface area contributed by atoms with Gasteiger partial charge in [-0.05, 0) is 36.6 Å². The molecule has 2 N–H and O–H groups in total. The van der Waals surface area contributed by atoms with Crippen LogP contribution < -0.4 is 10.6 Å². The Kier molecular flexibility index (Phi) is 2.86. The van der Waals surface area contributed by atoms with E-state index in [1.54, 1.807) is 0 Å². The molecule has 0 saturated carbocycles. The molecule has 1 aromatic carbocycles. The van der Waals surface area contributed by atoms with Crippen molar-refractivity contribution in [3.63, 3.8) is 0 Å². The van der Waals surface area contributed by atoms with E-state index in [0.717, 1.165) is 30.8 Å². The number of hydrogen-bond acceptors (Lipinski definition) is 2. The zero-order valence-corrected chi connectivity index (χ0v) is 10.8. The lowest BCUT2D eigenvalue weighted by atomic mass is 9.92. The molecular weight excluding hydrogens is 212 g/mol. The Bertz CT molecular complexity index is 446. The van der Waals surface area contributed by atoms with Crippen molar-refractivity contribution in [3.05, 3.63) is 23.8 Å². The number of carbonyl (C=O) groups excluding carboxylic acids is 1. The molecule has 0 unspecified atom stereocenters. The molecule has 0 atom stereocenters. The van der Waals surface area contributed by atoms with Gasteiger partial charge in [-0.25, -0.2) is 0 Å². The van der Waals surface area contributed by atoms with E-state index in [1.165, 1.54) is 5.56 Å². The summed E-state index contributed by atoms with van der Waals surface area (Å²) in [7, 11) is 0. The number of nitrogen functional groups attached to an aromatic ring is 1. The van der Waals surface area contributed by atoms with Gasteiger partial charge in [0.2, 0.25) is 5.91 Å². The van der Waals surface area contributed by atoms with Crippen LogP contribution in [0.4, 0.5) is 11.4 Å². The minimum absolute atomic E-state index is 0.184. The summed E-state index contributed by atoms with van der Waals surface area (Å²) in [4.78, 5) is 14.3. The van der Waals surface area contributed by atoms with E-state index in [2.05, 4.69) is 0 Å². The van der Waals surface area contributed by atoms with E-state index in [0.29, 0.717) is 0 Å². The van der Waals surface area contributed by atoms with Crippen LogP contribution in [0.15, 0.2) is 18.2 Å². The third kappa shape index (κ3) is 2.28. The molecule has 1 heterocycles. The van der Waals surface area contributed by atoms with E-state index in [9.17, 15) is 4.79 Å². The number of hydrogen-bond donors (Lipinski definition) is 1. The first-order valence-electron chi connectivity index (χ1n) is 6.10. The highest BCUT2D eigenvalue weighted by Gasteiger charge is 2.30. The van der Waals surface area contributed by atoms with Gasteiger partial charge in [0.15, 0.2) is 0 Å². The quantitative estimate of drug-likeness (QED) is 0.699. The first-order chi connectivity index (χ1) is 7.89. The fourth-order valence-electron chi connectivity index (χ4n) is 2.23. The molecular formula is C14H20N2O. The Morgan fingerprint density at radius 2 is 2.06 bits per heavy atom. The van der Waals surface area contributed by atoms with Crippen molar-refractivity contribution >= 4 is 17.3 Å². The zero-order valence-electron chi connectivity index (χ0n) is 10.8. The van der Waals surface area contributed by atoms with E-state index < -0.39 is 0 Å². The summed E-state index contributed by atoms with van der Waals surface area (Å²) in [5, 5.41) is 0. The second-order valence-corrected chi connectivity index (χ2v) is 5.70. The van der Waals surface area contributed by atoms with Crippen molar-refractivity contribution < 1.29 is 4.79 Å². The molecule has 0 bridgehead atoms. The maximum Gasteiger partial charge on any atom is 0.232 e. The zero-order chi connectivity index (χ0) is 12.6. The number of benzene rings is 1. The fraction of sp³-hybridized carbons (Fsp3) is 0.500. The van der Waals surface area contributed by atoms with Crippen LogP contribution in [0.1, 0.15) is 32.8 Å². The van der Waals surface area contributed by atoms with Crippen LogP contribution in [0.25, 0.3) is 0 Å². The maximum atomic E-state index is 12.4. The Morgan fingerprint density at radius 1 is 1.35 bits per heavy atom. The molecule has 92 valence electrons. The summed E-state index contributed by atoms with van der Waals surface area (Å²) in [6.07, 6.45) is 2.02. The lowest BCUT2D eigenvalue weighted by molar-refractivity contribution is -0.125. The van der Waals surface area contributed by atoms with Gasteiger partial charge in [-0.15, -0.1) is 0 Å². The van der Waals surface area contributed by atoms with Gasteiger partial charge in [0.25, 0.3) is 0 Å². The van der Waals surface area contributed by atoms with Crippen molar-refractivity contribution in [1.82, 2.24) is 0 Å². The Morgan fingerprint density at radius 3 is 2.71 bits per heavy atom. The molecule has 1 amide bonds. The Hall–Kier alpha value is -1.51. The van der Waals surface area contributed by atoms with E-state index in [1.807, 2.05) is 43.9 Å². The number of aryl methyl sites for hydroxylation is 1. The molecule has 3 nitrogen and oxygen atoms in total. The molecule has 0 aliphatic carbocycles. The number of amides is 1. The van der Waals surface area contributed by atoms with Crippen LogP contribution in [-0.2, 0) is 11.2 Å². The van der Waals surface area contributed by atoms with Crippen molar-refractivity contribution in [2.24, 2.45) is 5.41 Å². The summed E-state index contributed by atoms with van der Waals surface area (Å²) in [6.45, 7) is 6.69. The van der Waals surface area contributed by atoms with Crippen LogP contribution >= 0.6 is 0 Å². The second-order valence-electron chi connectivity index (χ2n) is 5.70. The van der Waals surface area contributed by atoms with Crippen LogP contribution in [0.5, 0.6) is 0 Å². The molecule has 0 spiro atoms. The van der Waals surface area contributed by atoms with Gasteiger partial charge in [0, 0.05) is 23.3 Å². The smallest absolute Gasteiger partial charge is 0.232 e. The van der Waals surface area contributed by atoms with E-state index >= 15 is 0 Å². The summed E-state index contributed by atoms with van der Waals surface area (Å²) >= 11 is 0. The molecule has 0 saturated heterocycles. The van der Waals surface area contributed by atoms with Crippen molar-refractivity contribution in [1.29, 1.82) is 0 Å². The molecule has 1 aliphatic rings. The van der Waals surface area contributed by atoms with Crippen molar-refractivity contribution in [2.75, 3.05) is 17.2 Å². The molecule has 0 fully saturated rings. The average molecular weight is 232 g/mol. The molecule has 0 aromatic heterocycles.